The molecule has 0 bridgehead atoms. The Morgan fingerprint density at radius 3 is 2.60 bits per heavy atom. The molecule has 0 radical (unpaired) electrons. The Morgan fingerprint density at radius 1 is 1.07 bits per heavy atom. The largest absolute Gasteiger partial charge is 0.392 e. The average molecular weight is 263 g/mol. The third-order valence-electron chi connectivity index (χ3n) is 2.24. The van der Waals surface area contributed by atoms with Gasteiger partial charge in [0.2, 0.25) is 0 Å². The van der Waals surface area contributed by atoms with Crippen molar-refractivity contribution in [1.82, 2.24) is 0 Å². The predicted octanol–water partition coefficient (Wildman–Crippen LogP) is 3.61. The second kappa shape index (κ2) is 4.60. The highest BCUT2D eigenvalue weighted by Crippen LogP contribution is 2.21. The van der Waals surface area contributed by atoms with Gasteiger partial charge in [0.15, 0.2) is 0 Å². The second-order valence-electron chi connectivity index (χ2n) is 3.34. The minimum Gasteiger partial charge on any atom is -0.392 e. The molecule has 76 valence electrons. The van der Waals surface area contributed by atoms with Gasteiger partial charge in [-0.2, -0.15) is 0 Å². The number of rotatable bonds is 2. The van der Waals surface area contributed by atoms with Crippen LogP contribution >= 0.6 is 15.9 Å². The molecule has 0 aliphatic rings. The van der Waals surface area contributed by atoms with Crippen molar-refractivity contribution >= 4 is 32.8 Å². The van der Waals surface area contributed by atoms with Gasteiger partial charge in [-0.3, -0.25) is 0 Å². The molecule has 0 atom stereocenters. The maximum Gasteiger partial charge on any atom is 0.0615 e. The minimum atomic E-state index is 0.0817. The molecule has 0 amide bonds. The predicted molar refractivity (Wildman–Crippen MR) is 67.8 cm³/mol. The molecule has 2 aromatic rings. The van der Waals surface area contributed by atoms with Crippen LogP contribution < -0.4 is 0 Å². The zero-order chi connectivity index (χ0) is 10.7. The third-order valence-corrected chi connectivity index (χ3v) is 2.74. The highest BCUT2D eigenvalue weighted by Gasteiger charge is 1.95. The standard InChI is InChI=1S/C13H11BrO/c14-13-6-5-11-8-10(2-1-7-15)3-4-12(11)9-13/h1-6,8-9,15H,7H2. The molecule has 0 spiro atoms. The van der Waals surface area contributed by atoms with Crippen molar-refractivity contribution in [2.75, 3.05) is 6.61 Å². The van der Waals surface area contributed by atoms with Gasteiger partial charge in [-0.05, 0) is 34.5 Å². The van der Waals surface area contributed by atoms with Crippen LogP contribution in [0.1, 0.15) is 5.56 Å². The summed E-state index contributed by atoms with van der Waals surface area (Å²) >= 11 is 3.45. The summed E-state index contributed by atoms with van der Waals surface area (Å²) in [5, 5.41) is 11.1. The van der Waals surface area contributed by atoms with Crippen LogP contribution in [0, 0.1) is 0 Å². The van der Waals surface area contributed by atoms with Crippen LogP contribution in [0.25, 0.3) is 16.8 Å². The molecule has 2 rings (SSSR count). The molecule has 1 N–H and O–H groups in total. The minimum absolute atomic E-state index is 0.0817. The average Bonchev–Trinajstić information content (AvgIpc) is 2.26. The van der Waals surface area contributed by atoms with Gasteiger partial charge in [0, 0.05) is 4.47 Å². The first kappa shape index (κ1) is 10.4. The molecule has 0 unspecified atom stereocenters. The van der Waals surface area contributed by atoms with Crippen LogP contribution in [0.2, 0.25) is 0 Å². The molecule has 0 saturated carbocycles. The second-order valence-corrected chi connectivity index (χ2v) is 4.25. The number of hydrogen-bond acceptors (Lipinski definition) is 1. The van der Waals surface area contributed by atoms with Crippen LogP contribution in [-0.4, -0.2) is 11.7 Å². The lowest BCUT2D eigenvalue weighted by molar-refractivity contribution is 0.343. The van der Waals surface area contributed by atoms with E-state index in [9.17, 15) is 0 Å². The third kappa shape index (κ3) is 2.46. The Labute approximate surface area is 97.2 Å². The Bertz CT molecular complexity index is 503. The van der Waals surface area contributed by atoms with Crippen LogP contribution in [-0.2, 0) is 0 Å². The normalized spacial score (nSPS) is 11.3. The van der Waals surface area contributed by atoms with Crippen LogP contribution in [0.4, 0.5) is 0 Å². The molecule has 0 fully saturated rings. The van der Waals surface area contributed by atoms with Crippen molar-refractivity contribution in [1.29, 1.82) is 0 Å². The lowest BCUT2D eigenvalue weighted by Crippen LogP contribution is -1.77. The number of benzene rings is 2. The van der Waals surface area contributed by atoms with E-state index < -0.39 is 0 Å². The fourth-order valence-electron chi connectivity index (χ4n) is 1.53. The van der Waals surface area contributed by atoms with Gasteiger partial charge in [0.05, 0.1) is 6.61 Å². The zero-order valence-electron chi connectivity index (χ0n) is 8.15. The van der Waals surface area contributed by atoms with Gasteiger partial charge in [0.1, 0.15) is 0 Å². The van der Waals surface area contributed by atoms with Crippen LogP contribution in [0.5, 0.6) is 0 Å². The first-order valence-electron chi connectivity index (χ1n) is 4.76. The monoisotopic (exact) mass is 262 g/mol. The van der Waals surface area contributed by atoms with Crippen molar-refractivity contribution in [3.05, 3.63) is 52.5 Å². The van der Waals surface area contributed by atoms with Gasteiger partial charge in [-0.25, -0.2) is 0 Å². The zero-order valence-corrected chi connectivity index (χ0v) is 9.74. The molecule has 15 heavy (non-hydrogen) atoms. The lowest BCUT2D eigenvalue weighted by Gasteiger charge is -2.00. The maximum atomic E-state index is 8.68. The van der Waals surface area contributed by atoms with E-state index in [4.69, 9.17) is 5.11 Å². The van der Waals surface area contributed by atoms with E-state index in [-0.39, 0.29) is 6.61 Å². The summed E-state index contributed by atoms with van der Waals surface area (Å²) in [6.07, 6.45) is 3.65. The molecule has 2 heteroatoms. The summed E-state index contributed by atoms with van der Waals surface area (Å²) in [5.74, 6) is 0. The van der Waals surface area contributed by atoms with E-state index in [0.29, 0.717) is 0 Å². The summed E-state index contributed by atoms with van der Waals surface area (Å²) in [7, 11) is 0. The molecule has 2 aromatic carbocycles. The van der Waals surface area contributed by atoms with Gasteiger partial charge >= 0.3 is 0 Å². The molecule has 0 aliphatic heterocycles. The molecule has 0 saturated heterocycles. The molecule has 0 aliphatic carbocycles. The summed E-state index contributed by atoms with van der Waals surface area (Å²) in [6, 6.07) is 12.4. The Hall–Kier alpha value is -1.12. The fourth-order valence-corrected chi connectivity index (χ4v) is 1.91. The number of hydrogen-bond donors (Lipinski definition) is 1. The smallest absolute Gasteiger partial charge is 0.0615 e. The Morgan fingerprint density at radius 2 is 1.80 bits per heavy atom. The van der Waals surface area contributed by atoms with Crippen molar-refractivity contribution in [2.24, 2.45) is 0 Å². The summed E-state index contributed by atoms with van der Waals surface area (Å²) < 4.78 is 1.09. The van der Waals surface area contributed by atoms with Gasteiger partial charge in [-0.15, -0.1) is 0 Å². The highest BCUT2D eigenvalue weighted by molar-refractivity contribution is 9.10. The summed E-state index contributed by atoms with van der Waals surface area (Å²) in [6.45, 7) is 0.0817. The van der Waals surface area contributed by atoms with E-state index in [1.165, 1.54) is 10.8 Å². The molecular formula is C13H11BrO. The van der Waals surface area contributed by atoms with Gasteiger partial charge in [0.25, 0.3) is 0 Å². The Balaban J connectivity index is 2.47. The van der Waals surface area contributed by atoms with Crippen LogP contribution in [0.15, 0.2) is 46.9 Å². The number of aliphatic hydroxyl groups is 1. The molecule has 1 nitrogen and oxygen atoms in total. The summed E-state index contributed by atoms with van der Waals surface area (Å²) in [5.41, 5.74) is 1.11. The molecular weight excluding hydrogens is 252 g/mol. The van der Waals surface area contributed by atoms with Gasteiger partial charge < -0.3 is 5.11 Å². The Kier molecular flexibility index (Phi) is 3.19. The summed E-state index contributed by atoms with van der Waals surface area (Å²) in [4.78, 5) is 0. The number of halogens is 1. The van der Waals surface area contributed by atoms with Gasteiger partial charge in [-0.1, -0.05) is 46.3 Å². The van der Waals surface area contributed by atoms with Crippen LogP contribution in [0.3, 0.4) is 0 Å². The van der Waals surface area contributed by atoms with Crippen molar-refractivity contribution in [2.45, 2.75) is 0 Å². The lowest BCUT2D eigenvalue weighted by atomic mass is 10.1. The highest BCUT2D eigenvalue weighted by atomic mass is 79.9. The molecule has 0 heterocycles. The first-order valence-corrected chi connectivity index (χ1v) is 5.55. The van der Waals surface area contributed by atoms with Crippen molar-refractivity contribution in [3.63, 3.8) is 0 Å². The topological polar surface area (TPSA) is 20.2 Å². The van der Waals surface area contributed by atoms with E-state index in [1.807, 2.05) is 18.2 Å². The van der Waals surface area contributed by atoms with Crippen molar-refractivity contribution < 1.29 is 5.11 Å². The van der Waals surface area contributed by atoms with E-state index in [1.54, 1.807) is 6.08 Å². The number of fused-ring (bicyclic) bond motifs is 1. The first-order chi connectivity index (χ1) is 7.29. The van der Waals surface area contributed by atoms with E-state index in [2.05, 4.69) is 40.2 Å². The SMILES string of the molecule is OCC=Cc1ccc2cc(Br)ccc2c1. The van der Waals surface area contributed by atoms with E-state index in [0.717, 1.165) is 10.0 Å². The quantitative estimate of drug-likeness (QED) is 0.877. The van der Waals surface area contributed by atoms with E-state index >= 15 is 0 Å². The maximum absolute atomic E-state index is 8.68. The fraction of sp³-hybridized carbons (Fsp3) is 0.0769. The van der Waals surface area contributed by atoms with Crippen molar-refractivity contribution in [3.8, 4) is 0 Å². The molecule has 0 aromatic heterocycles. The number of aliphatic hydroxyl groups excluding tert-OH is 1.